The van der Waals surface area contributed by atoms with Crippen LogP contribution in [0.1, 0.15) is 32.6 Å². The molecule has 0 atom stereocenters. The number of unbranched alkanes of at least 4 members (excludes halogenated alkanes) is 3. The molecule has 0 radical (unpaired) electrons. The van der Waals surface area contributed by atoms with Crippen LogP contribution in [0.15, 0.2) is 35.4 Å². The Kier molecular flexibility index (Phi) is 5.69. The normalized spacial score (nSPS) is 11.1. The molecule has 0 aliphatic carbocycles. The summed E-state index contributed by atoms with van der Waals surface area (Å²) in [6.07, 6.45) is 7.43. The van der Waals surface area contributed by atoms with E-state index in [2.05, 4.69) is 16.9 Å². The monoisotopic (exact) mass is 370 g/mol. The third-order valence-electron chi connectivity index (χ3n) is 4.56. The Morgan fingerprint density at radius 1 is 1.26 bits per heavy atom. The van der Waals surface area contributed by atoms with Crippen LogP contribution in [-0.2, 0) is 6.54 Å². The Morgan fingerprint density at radius 3 is 2.78 bits per heavy atom. The Bertz CT molecular complexity index is 1020. The number of rotatable bonds is 7. The zero-order chi connectivity index (χ0) is 19.4. The Labute approximate surface area is 156 Å². The summed E-state index contributed by atoms with van der Waals surface area (Å²) in [6.45, 7) is 2.78. The van der Waals surface area contributed by atoms with Crippen molar-refractivity contribution < 1.29 is 9.13 Å². The van der Waals surface area contributed by atoms with Crippen LogP contribution < -0.4 is 16.0 Å². The molecule has 2 N–H and O–H groups in total. The van der Waals surface area contributed by atoms with Crippen LogP contribution in [0.3, 0.4) is 0 Å². The van der Waals surface area contributed by atoms with Crippen LogP contribution in [0.2, 0.25) is 0 Å². The van der Waals surface area contributed by atoms with E-state index in [0.29, 0.717) is 23.1 Å². The maximum Gasteiger partial charge on any atom is 0.258 e. The topological polar surface area (TPSA) is 83.0 Å². The molecule has 0 saturated heterocycles. The maximum atomic E-state index is 14.7. The molecule has 6 nitrogen and oxygen atoms in total. The summed E-state index contributed by atoms with van der Waals surface area (Å²) in [6, 6.07) is 4.64. The molecule has 2 aromatic heterocycles. The molecule has 3 aromatic rings. The lowest BCUT2D eigenvalue weighted by molar-refractivity contribution is 0.413. The van der Waals surface area contributed by atoms with E-state index >= 15 is 0 Å². The van der Waals surface area contributed by atoms with Gasteiger partial charge in [-0.15, -0.1) is 0 Å². The van der Waals surface area contributed by atoms with E-state index in [4.69, 9.17) is 10.5 Å². The number of ether oxygens (including phenoxy) is 1. The number of hydrogen-bond donors (Lipinski definition) is 1. The van der Waals surface area contributed by atoms with Gasteiger partial charge in [0.1, 0.15) is 5.82 Å². The summed E-state index contributed by atoms with van der Waals surface area (Å²) in [5.74, 6) is 0.0414. The van der Waals surface area contributed by atoms with Crippen LogP contribution in [0.5, 0.6) is 5.75 Å². The van der Waals surface area contributed by atoms with Crippen molar-refractivity contribution >= 4 is 16.6 Å². The molecule has 142 valence electrons. The van der Waals surface area contributed by atoms with Gasteiger partial charge in [-0.3, -0.25) is 4.79 Å². The molecule has 0 bridgehead atoms. The number of halogens is 1. The van der Waals surface area contributed by atoms with Crippen molar-refractivity contribution in [2.75, 3.05) is 12.8 Å². The summed E-state index contributed by atoms with van der Waals surface area (Å²) in [7, 11) is 1.46. The third-order valence-corrected chi connectivity index (χ3v) is 4.56. The van der Waals surface area contributed by atoms with E-state index in [1.807, 2.05) is 6.07 Å². The third kappa shape index (κ3) is 3.92. The Hall–Kier alpha value is -2.96. The first-order valence-corrected chi connectivity index (χ1v) is 9.04. The molecule has 0 unspecified atom stereocenters. The molecule has 0 aliphatic heterocycles. The maximum absolute atomic E-state index is 14.7. The van der Waals surface area contributed by atoms with Gasteiger partial charge in [0.25, 0.3) is 5.56 Å². The number of hydrogen-bond acceptors (Lipinski definition) is 5. The van der Waals surface area contributed by atoms with E-state index in [9.17, 15) is 9.18 Å². The van der Waals surface area contributed by atoms with Gasteiger partial charge in [0.2, 0.25) is 0 Å². The first-order chi connectivity index (χ1) is 13.0. The second kappa shape index (κ2) is 8.16. The molecule has 0 fully saturated rings. The van der Waals surface area contributed by atoms with E-state index in [0.717, 1.165) is 25.7 Å². The molecule has 0 amide bonds. The van der Waals surface area contributed by atoms with Crippen molar-refractivity contribution in [1.29, 1.82) is 0 Å². The number of aromatic nitrogens is 3. The molecular formula is C20H23FN4O2. The lowest BCUT2D eigenvalue weighted by Crippen LogP contribution is -2.19. The number of aryl methyl sites for hydroxylation is 1. The zero-order valence-electron chi connectivity index (χ0n) is 15.5. The SMILES string of the molecule is CCCCCCn1ccc2cc(-c3ncc(OC)c(N)n3)c(F)cc2c1=O. The molecule has 0 saturated carbocycles. The van der Waals surface area contributed by atoms with E-state index in [1.54, 1.807) is 16.8 Å². The van der Waals surface area contributed by atoms with Crippen molar-refractivity contribution in [2.24, 2.45) is 0 Å². The summed E-state index contributed by atoms with van der Waals surface area (Å²) < 4.78 is 21.3. The minimum Gasteiger partial charge on any atom is -0.491 e. The van der Waals surface area contributed by atoms with Gasteiger partial charge >= 0.3 is 0 Å². The van der Waals surface area contributed by atoms with E-state index in [1.165, 1.54) is 19.4 Å². The standard InChI is InChI=1S/C20H23FN4O2/c1-3-4-5-6-8-25-9-7-13-10-15(16(21)11-14(13)20(25)26)19-23-12-17(27-2)18(22)24-19/h7,9-12H,3-6,8H2,1-2H3,(H2,22,23,24). The molecule has 1 aromatic carbocycles. The Balaban J connectivity index is 1.98. The largest absolute Gasteiger partial charge is 0.491 e. The van der Waals surface area contributed by atoms with Crippen LogP contribution in [0.25, 0.3) is 22.2 Å². The van der Waals surface area contributed by atoms with Crippen LogP contribution >= 0.6 is 0 Å². The average Bonchev–Trinajstić information content (AvgIpc) is 2.67. The van der Waals surface area contributed by atoms with Crippen molar-refractivity contribution in [2.45, 2.75) is 39.2 Å². The summed E-state index contributed by atoms with van der Waals surface area (Å²) in [5.41, 5.74) is 5.79. The molecule has 7 heteroatoms. The number of benzene rings is 1. The highest BCUT2D eigenvalue weighted by Crippen LogP contribution is 2.27. The lowest BCUT2D eigenvalue weighted by atomic mass is 10.1. The minimum atomic E-state index is -0.562. The van der Waals surface area contributed by atoms with Gasteiger partial charge in [-0.1, -0.05) is 26.2 Å². The zero-order valence-corrected chi connectivity index (χ0v) is 15.5. The number of pyridine rings is 1. The highest BCUT2D eigenvalue weighted by molar-refractivity contribution is 5.86. The number of methoxy groups -OCH3 is 1. The summed E-state index contributed by atoms with van der Waals surface area (Å²) in [4.78, 5) is 20.9. The highest BCUT2D eigenvalue weighted by Gasteiger charge is 2.14. The molecule has 27 heavy (non-hydrogen) atoms. The fraction of sp³-hybridized carbons (Fsp3) is 0.350. The smallest absolute Gasteiger partial charge is 0.258 e. The second-order valence-corrected chi connectivity index (χ2v) is 6.44. The highest BCUT2D eigenvalue weighted by atomic mass is 19.1. The fourth-order valence-corrected chi connectivity index (χ4v) is 3.03. The average molecular weight is 370 g/mol. The number of nitrogens with two attached hydrogens (primary N) is 1. The van der Waals surface area contributed by atoms with Crippen molar-refractivity contribution in [3.8, 4) is 17.1 Å². The first-order valence-electron chi connectivity index (χ1n) is 9.04. The van der Waals surface area contributed by atoms with Gasteiger partial charge < -0.3 is 15.0 Å². The van der Waals surface area contributed by atoms with E-state index < -0.39 is 5.82 Å². The van der Waals surface area contributed by atoms with Crippen molar-refractivity contribution in [1.82, 2.24) is 14.5 Å². The summed E-state index contributed by atoms with van der Waals surface area (Å²) in [5, 5.41) is 0.981. The van der Waals surface area contributed by atoms with Crippen molar-refractivity contribution in [3.05, 3.63) is 46.8 Å². The number of anilines is 1. The van der Waals surface area contributed by atoms with Gasteiger partial charge in [0.15, 0.2) is 17.4 Å². The number of nitrogens with zero attached hydrogens (tertiary/aromatic N) is 3. The molecule has 3 rings (SSSR count). The Morgan fingerprint density at radius 2 is 2.07 bits per heavy atom. The van der Waals surface area contributed by atoms with Crippen LogP contribution in [0.4, 0.5) is 10.2 Å². The number of nitrogen functional groups attached to an aromatic ring is 1. The minimum absolute atomic E-state index is 0.129. The molecule has 0 aliphatic rings. The predicted octanol–water partition coefficient (Wildman–Crippen LogP) is 3.77. The summed E-state index contributed by atoms with van der Waals surface area (Å²) >= 11 is 0. The van der Waals surface area contributed by atoms with Gasteiger partial charge in [-0.2, -0.15) is 0 Å². The second-order valence-electron chi connectivity index (χ2n) is 6.44. The fourth-order valence-electron chi connectivity index (χ4n) is 3.03. The van der Waals surface area contributed by atoms with E-state index in [-0.39, 0.29) is 22.8 Å². The van der Waals surface area contributed by atoms with Crippen molar-refractivity contribution in [3.63, 3.8) is 0 Å². The number of fused-ring (bicyclic) bond motifs is 1. The van der Waals surface area contributed by atoms with Gasteiger partial charge in [0.05, 0.1) is 24.3 Å². The van der Waals surface area contributed by atoms with Gasteiger partial charge in [-0.05, 0) is 30.0 Å². The van der Waals surface area contributed by atoms with Gasteiger partial charge in [0, 0.05) is 12.7 Å². The predicted molar refractivity (Wildman–Crippen MR) is 104 cm³/mol. The molecule has 0 spiro atoms. The van der Waals surface area contributed by atoms with Crippen LogP contribution in [-0.4, -0.2) is 21.6 Å². The lowest BCUT2D eigenvalue weighted by Gasteiger charge is -2.10. The molecule has 2 heterocycles. The van der Waals surface area contributed by atoms with Gasteiger partial charge in [-0.25, -0.2) is 14.4 Å². The molecular weight excluding hydrogens is 347 g/mol. The quantitative estimate of drug-likeness (QED) is 0.640. The first kappa shape index (κ1) is 18.8. The van der Waals surface area contributed by atoms with Crippen LogP contribution in [0, 0.1) is 5.82 Å².